The number of fused-ring (bicyclic) bond motifs is 3. The van der Waals surface area contributed by atoms with Crippen LogP contribution < -0.4 is 20.7 Å². The van der Waals surface area contributed by atoms with Gasteiger partial charge in [-0.25, -0.2) is 23.0 Å². The zero-order valence-corrected chi connectivity index (χ0v) is 30.4. The number of amides is 5. The van der Waals surface area contributed by atoms with Crippen molar-refractivity contribution in [3.63, 3.8) is 0 Å². The summed E-state index contributed by atoms with van der Waals surface area (Å²) in [5, 5.41) is 7.75. The van der Waals surface area contributed by atoms with Crippen LogP contribution in [-0.2, 0) is 33.9 Å². The largest absolute Gasteiger partial charge is 0.444 e. The lowest BCUT2D eigenvalue weighted by molar-refractivity contribution is -0.141. The van der Waals surface area contributed by atoms with Gasteiger partial charge in [0.25, 0.3) is 5.91 Å². The Labute approximate surface area is 300 Å². The second-order valence-corrected chi connectivity index (χ2v) is 17.6. The maximum absolute atomic E-state index is 14.2. The third-order valence-corrected chi connectivity index (χ3v) is 12.1. The number of hydrogen-bond donors (Lipinski definition) is 4. The molecule has 5 atom stereocenters. The number of carbonyl (C=O) groups excluding carboxylic acids is 5. The Bertz CT molecular complexity index is 1800. The number of aromatic nitrogens is 1. The van der Waals surface area contributed by atoms with Crippen molar-refractivity contribution < 1.29 is 41.9 Å². The van der Waals surface area contributed by atoms with Crippen LogP contribution in [0.4, 0.5) is 14.7 Å². The van der Waals surface area contributed by atoms with Crippen molar-refractivity contribution in [3.8, 4) is 0 Å². The lowest BCUT2D eigenvalue weighted by Crippen LogP contribution is -2.58. The molecule has 51 heavy (non-hydrogen) atoms. The quantitative estimate of drug-likeness (QED) is 0.316. The molecule has 1 saturated heterocycles. The van der Waals surface area contributed by atoms with Crippen molar-refractivity contribution in [1.29, 1.82) is 0 Å². The van der Waals surface area contributed by atoms with Gasteiger partial charge in [-0.15, -0.1) is 0 Å². The zero-order valence-electron chi connectivity index (χ0n) is 28.8. The summed E-state index contributed by atoms with van der Waals surface area (Å²) < 4.78 is 39.6. The maximum atomic E-state index is 14.2. The highest BCUT2D eigenvalue weighted by atomic mass is 32.2. The Morgan fingerprint density at radius 1 is 1.06 bits per heavy atom. The van der Waals surface area contributed by atoms with Crippen LogP contribution in [0.5, 0.6) is 0 Å². The highest BCUT2D eigenvalue weighted by Crippen LogP contribution is 2.46. The Morgan fingerprint density at radius 3 is 2.55 bits per heavy atom. The molecule has 1 aromatic carbocycles. The molecule has 17 heteroatoms. The molecule has 0 bridgehead atoms. The molecule has 3 fully saturated rings. The Morgan fingerprint density at radius 2 is 1.82 bits per heavy atom. The van der Waals surface area contributed by atoms with Crippen LogP contribution in [0.1, 0.15) is 78.6 Å². The van der Waals surface area contributed by atoms with Crippen LogP contribution in [0.25, 0.3) is 10.2 Å². The Balaban J connectivity index is 1.24. The Hall–Kier alpha value is -4.25. The van der Waals surface area contributed by atoms with Gasteiger partial charge in [0.15, 0.2) is 5.13 Å². The van der Waals surface area contributed by atoms with Crippen LogP contribution in [0, 0.1) is 5.92 Å². The van der Waals surface area contributed by atoms with E-state index in [0.717, 1.165) is 17.5 Å². The fraction of sp³-hybridized carbons (Fsp3) is 0.588. The number of carbonyl (C=O) groups is 5. The normalized spacial score (nSPS) is 27.9. The van der Waals surface area contributed by atoms with Gasteiger partial charge in [0.2, 0.25) is 21.8 Å². The predicted molar refractivity (Wildman–Crippen MR) is 188 cm³/mol. The van der Waals surface area contributed by atoms with Crippen molar-refractivity contribution in [2.75, 3.05) is 11.9 Å². The minimum absolute atomic E-state index is 0.109. The highest BCUT2D eigenvalue weighted by Gasteiger charge is 2.62. The molecule has 0 radical (unpaired) electrons. The van der Waals surface area contributed by atoms with E-state index in [-0.39, 0.29) is 25.8 Å². The summed E-state index contributed by atoms with van der Waals surface area (Å²) in [6.45, 7) is 4.93. The number of para-hydroxylation sites is 1. The van der Waals surface area contributed by atoms with Gasteiger partial charge in [0.05, 0.1) is 22.0 Å². The first kappa shape index (κ1) is 36.5. The molecule has 2 saturated carbocycles. The summed E-state index contributed by atoms with van der Waals surface area (Å²) in [6, 6.07) is 5.10. The number of allylic oxidation sites excluding steroid dienone is 1. The second kappa shape index (κ2) is 14.4. The SMILES string of the molecule is CC(C)(C)OC(=O)N[C@H]1CCCCC/C=C\[C@H]2C[C@@]2(C(=O)NS(=O)(=O)C2CC2)NC(=O)[C@@H]2C[C@@H](OC(=O)Nc3nc4ccccc4s3)CN2C1=O. The van der Waals surface area contributed by atoms with Crippen LogP contribution in [0.15, 0.2) is 36.4 Å². The Kier molecular flexibility index (Phi) is 10.3. The van der Waals surface area contributed by atoms with E-state index in [1.165, 1.54) is 16.2 Å². The third-order valence-electron chi connectivity index (χ3n) is 9.31. The van der Waals surface area contributed by atoms with E-state index in [2.05, 4.69) is 25.7 Å². The number of alkyl carbamates (subject to hydrolysis) is 1. The molecule has 2 aliphatic heterocycles. The average Bonchev–Trinajstić information content (AvgIpc) is 3.93. The number of anilines is 1. The molecule has 1 aromatic heterocycles. The van der Waals surface area contributed by atoms with Crippen LogP contribution in [0.2, 0.25) is 0 Å². The van der Waals surface area contributed by atoms with Gasteiger partial charge >= 0.3 is 12.2 Å². The van der Waals surface area contributed by atoms with Crippen molar-refractivity contribution in [2.45, 2.75) is 113 Å². The fourth-order valence-corrected chi connectivity index (χ4v) is 8.71. The van der Waals surface area contributed by atoms with Gasteiger partial charge in [-0.1, -0.05) is 48.5 Å². The number of ether oxygens (including phenoxy) is 2. The molecule has 5 amide bonds. The van der Waals surface area contributed by atoms with Gasteiger partial charge < -0.3 is 25.0 Å². The number of thiazole rings is 1. The minimum atomic E-state index is -3.91. The van der Waals surface area contributed by atoms with Gasteiger partial charge in [0, 0.05) is 12.3 Å². The minimum Gasteiger partial charge on any atom is -0.444 e. The molecule has 4 N–H and O–H groups in total. The molecule has 2 aromatic rings. The summed E-state index contributed by atoms with van der Waals surface area (Å²) in [6.07, 6.45) is 5.19. The van der Waals surface area contributed by atoms with Crippen molar-refractivity contribution in [2.24, 2.45) is 5.92 Å². The van der Waals surface area contributed by atoms with Crippen LogP contribution in [-0.4, -0.2) is 89.3 Å². The summed E-state index contributed by atoms with van der Waals surface area (Å²) in [5.74, 6) is -2.57. The predicted octanol–water partition coefficient (Wildman–Crippen LogP) is 3.71. The molecule has 2 aliphatic carbocycles. The van der Waals surface area contributed by atoms with Crippen LogP contribution >= 0.6 is 11.3 Å². The first-order valence-electron chi connectivity index (χ1n) is 17.3. The zero-order chi connectivity index (χ0) is 36.6. The first-order chi connectivity index (χ1) is 24.1. The van der Waals surface area contributed by atoms with E-state index in [9.17, 15) is 32.4 Å². The number of rotatable bonds is 6. The fourth-order valence-electron chi connectivity index (χ4n) is 6.49. The molecular weight excluding hydrogens is 701 g/mol. The molecule has 0 spiro atoms. The van der Waals surface area contributed by atoms with E-state index in [0.29, 0.717) is 36.3 Å². The lowest BCUT2D eigenvalue weighted by atomic mass is 10.0. The summed E-state index contributed by atoms with van der Waals surface area (Å²) >= 11 is 1.26. The highest BCUT2D eigenvalue weighted by molar-refractivity contribution is 7.91. The molecule has 3 heterocycles. The van der Waals surface area contributed by atoms with Crippen LogP contribution in [0.3, 0.4) is 0 Å². The van der Waals surface area contributed by atoms with Gasteiger partial charge in [-0.2, -0.15) is 0 Å². The molecule has 15 nitrogen and oxygen atoms in total. The van der Waals surface area contributed by atoms with E-state index >= 15 is 0 Å². The topological polar surface area (TPSA) is 202 Å². The van der Waals surface area contributed by atoms with E-state index < -0.39 is 80.4 Å². The molecule has 4 aliphatic rings. The summed E-state index contributed by atoms with van der Waals surface area (Å²) in [5.41, 5.74) is -1.67. The molecular formula is C34H44N6O9S2. The van der Waals surface area contributed by atoms with Gasteiger partial charge in [-0.05, 0) is 71.4 Å². The van der Waals surface area contributed by atoms with Crippen molar-refractivity contribution >= 4 is 66.6 Å². The average molecular weight is 745 g/mol. The summed E-state index contributed by atoms with van der Waals surface area (Å²) in [4.78, 5) is 73.5. The number of benzene rings is 1. The van der Waals surface area contributed by atoms with E-state index in [4.69, 9.17) is 9.47 Å². The maximum Gasteiger partial charge on any atom is 0.413 e. The van der Waals surface area contributed by atoms with Crippen molar-refractivity contribution in [1.82, 2.24) is 25.2 Å². The van der Waals surface area contributed by atoms with E-state index in [1.54, 1.807) is 20.8 Å². The second-order valence-electron chi connectivity index (χ2n) is 14.6. The first-order valence-corrected chi connectivity index (χ1v) is 19.7. The van der Waals surface area contributed by atoms with Gasteiger partial charge in [0.1, 0.15) is 29.3 Å². The standard InChI is InChI=1S/C34H44N6O9S2/c1-33(2,3)49-32(45)36-24-13-8-6-4-5-7-11-20-18-34(20,29(43)39-51(46,47)22-15-16-22)38-27(41)25-17-21(19-40(25)28(24)42)48-31(44)37-30-35-23-12-9-10-14-26(23)50-30/h7,9-12,14,20-22,24-25H,4-6,8,13,15-19H2,1-3H3,(H,36,45)(H,38,41)(H,39,43)(H,35,37,44)/b11-7-/t20-,21+,24-,25-,34+/m0/s1. The third kappa shape index (κ3) is 8.80. The number of sulfonamides is 1. The summed E-state index contributed by atoms with van der Waals surface area (Å²) in [7, 11) is -3.91. The van der Waals surface area contributed by atoms with Crippen molar-refractivity contribution in [3.05, 3.63) is 36.4 Å². The number of nitrogens with zero attached hydrogens (tertiary/aromatic N) is 2. The monoisotopic (exact) mass is 744 g/mol. The molecule has 276 valence electrons. The van der Waals surface area contributed by atoms with E-state index in [1.807, 2.05) is 36.4 Å². The number of hydrogen-bond acceptors (Lipinski definition) is 11. The number of nitrogens with one attached hydrogen (secondary N) is 4. The van der Waals surface area contributed by atoms with Gasteiger partial charge in [-0.3, -0.25) is 24.4 Å². The molecule has 0 unspecified atom stereocenters. The smallest absolute Gasteiger partial charge is 0.413 e. The lowest BCUT2D eigenvalue weighted by Gasteiger charge is -2.30. The molecule has 6 rings (SSSR count).